The molecule has 1 atom stereocenters. The van der Waals surface area contributed by atoms with Crippen LogP contribution in [0.1, 0.15) is 30.3 Å². The molecule has 7 heteroatoms. The van der Waals surface area contributed by atoms with Gasteiger partial charge in [-0.05, 0) is 32.7 Å². The molecule has 1 unspecified atom stereocenters. The van der Waals surface area contributed by atoms with E-state index in [1.807, 2.05) is 11.8 Å². The Kier molecular flexibility index (Phi) is 5.52. The van der Waals surface area contributed by atoms with Crippen molar-refractivity contribution >= 4 is 28.3 Å². The number of likely N-dealkylation sites (N-methyl/N-ethyl adjacent to an activating group) is 1. The lowest BCUT2D eigenvalue weighted by Gasteiger charge is -2.25. The van der Waals surface area contributed by atoms with Crippen molar-refractivity contribution in [1.29, 1.82) is 0 Å². The van der Waals surface area contributed by atoms with E-state index < -0.39 is 0 Å². The number of amides is 2. The number of thiazole rings is 1. The van der Waals surface area contributed by atoms with Crippen LogP contribution in [0.3, 0.4) is 0 Å². The normalized spacial score (nSPS) is 18.5. The lowest BCUT2D eigenvalue weighted by Crippen LogP contribution is -2.45. The molecule has 122 valence electrons. The lowest BCUT2D eigenvalue weighted by molar-refractivity contribution is -0.133. The minimum Gasteiger partial charge on any atom is -0.347 e. The second-order valence-electron chi connectivity index (χ2n) is 5.78. The Labute approximate surface area is 135 Å². The molecule has 1 fully saturated rings. The predicted molar refractivity (Wildman–Crippen MR) is 88.1 cm³/mol. The highest BCUT2D eigenvalue weighted by molar-refractivity contribution is 7.15. The van der Waals surface area contributed by atoms with Crippen LogP contribution < -0.4 is 5.32 Å². The molecule has 1 aliphatic heterocycles. The maximum atomic E-state index is 12.2. The van der Waals surface area contributed by atoms with Crippen molar-refractivity contribution in [3.63, 3.8) is 0 Å². The first-order chi connectivity index (χ1) is 10.4. The minimum absolute atomic E-state index is 0.0728. The van der Waals surface area contributed by atoms with Gasteiger partial charge >= 0.3 is 0 Å². The van der Waals surface area contributed by atoms with E-state index in [1.165, 1.54) is 11.3 Å². The quantitative estimate of drug-likeness (QED) is 0.891. The van der Waals surface area contributed by atoms with Crippen LogP contribution in [0.15, 0.2) is 0 Å². The van der Waals surface area contributed by atoms with Crippen molar-refractivity contribution in [3.05, 3.63) is 10.6 Å². The Morgan fingerprint density at radius 1 is 1.45 bits per heavy atom. The van der Waals surface area contributed by atoms with Gasteiger partial charge in [0.05, 0.1) is 18.3 Å². The average Bonchev–Trinajstić information content (AvgIpc) is 3.04. The standard InChI is InChI=1S/C15H24N4O2S/c1-5-11-10(2)22-15(16-11)17-13(20)9-19-8-6-7-12(19)14(21)18(3)4/h12H,5-9H2,1-4H3,(H,16,17,20). The van der Waals surface area contributed by atoms with E-state index in [9.17, 15) is 9.59 Å². The van der Waals surface area contributed by atoms with Gasteiger partial charge in [-0.2, -0.15) is 0 Å². The first-order valence-corrected chi connectivity index (χ1v) is 8.45. The summed E-state index contributed by atoms with van der Waals surface area (Å²) in [7, 11) is 3.51. The Morgan fingerprint density at radius 2 is 2.18 bits per heavy atom. The zero-order valence-electron chi connectivity index (χ0n) is 13.7. The van der Waals surface area contributed by atoms with Crippen LogP contribution in [0, 0.1) is 6.92 Å². The number of nitrogens with one attached hydrogen (secondary N) is 1. The van der Waals surface area contributed by atoms with Gasteiger partial charge in [-0.3, -0.25) is 14.5 Å². The first-order valence-electron chi connectivity index (χ1n) is 7.63. The third kappa shape index (κ3) is 3.84. The number of likely N-dealkylation sites (tertiary alicyclic amines) is 1. The van der Waals surface area contributed by atoms with Gasteiger partial charge in [0.15, 0.2) is 5.13 Å². The number of carbonyl (C=O) groups is 2. The lowest BCUT2D eigenvalue weighted by atomic mass is 10.2. The fourth-order valence-electron chi connectivity index (χ4n) is 2.75. The molecule has 22 heavy (non-hydrogen) atoms. The average molecular weight is 324 g/mol. The molecule has 1 aromatic heterocycles. The molecule has 0 aromatic carbocycles. The van der Waals surface area contributed by atoms with Gasteiger partial charge in [-0.1, -0.05) is 6.92 Å². The van der Waals surface area contributed by atoms with Crippen LogP contribution in [0.2, 0.25) is 0 Å². The number of anilines is 1. The van der Waals surface area contributed by atoms with Gasteiger partial charge in [0.2, 0.25) is 11.8 Å². The van der Waals surface area contributed by atoms with Gasteiger partial charge < -0.3 is 10.2 Å². The highest BCUT2D eigenvalue weighted by atomic mass is 32.1. The van der Waals surface area contributed by atoms with Crippen molar-refractivity contribution in [3.8, 4) is 0 Å². The fourth-order valence-corrected chi connectivity index (χ4v) is 3.66. The van der Waals surface area contributed by atoms with Crippen LogP contribution in [0.5, 0.6) is 0 Å². The van der Waals surface area contributed by atoms with Gasteiger partial charge in [0.1, 0.15) is 0 Å². The van der Waals surface area contributed by atoms with Crippen LogP contribution in [-0.2, 0) is 16.0 Å². The Morgan fingerprint density at radius 3 is 2.77 bits per heavy atom. The minimum atomic E-state index is -0.176. The summed E-state index contributed by atoms with van der Waals surface area (Å²) in [5.41, 5.74) is 1.03. The van der Waals surface area contributed by atoms with E-state index in [0.29, 0.717) is 5.13 Å². The van der Waals surface area contributed by atoms with Crippen molar-refractivity contribution in [2.75, 3.05) is 32.5 Å². The highest BCUT2D eigenvalue weighted by Gasteiger charge is 2.32. The zero-order chi connectivity index (χ0) is 16.3. The summed E-state index contributed by atoms with van der Waals surface area (Å²) in [5, 5.41) is 3.50. The fraction of sp³-hybridized carbons (Fsp3) is 0.667. The smallest absolute Gasteiger partial charge is 0.240 e. The van der Waals surface area contributed by atoms with Crippen LogP contribution in [0.4, 0.5) is 5.13 Å². The van der Waals surface area contributed by atoms with Gasteiger partial charge in [0, 0.05) is 19.0 Å². The van der Waals surface area contributed by atoms with Crippen molar-refractivity contribution < 1.29 is 9.59 Å². The van der Waals surface area contributed by atoms with Crippen molar-refractivity contribution in [2.24, 2.45) is 0 Å². The number of hydrogen-bond donors (Lipinski definition) is 1. The molecule has 0 spiro atoms. The Balaban J connectivity index is 1.94. The molecular weight excluding hydrogens is 300 g/mol. The number of hydrogen-bond acceptors (Lipinski definition) is 5. The molecule has 1 N–H and O–H groups in total. The van der Waals surface area contributed by atoms with Crippen molar-refractivity contribution in [1.82, 2.24) is 14.8 Å². The number of rotatable bonds is 5. The Bertz CT molecular complexity index is 556. The molecule has 6 nitrogen and oxygen atoms in total. The number of aryl methyl sites for hydroxylation is 2. The number of aromatic nitrogens is 1. The van der Waals surface area contributed by atoms with E-state index in [-0.39, 0.29) is 24.4 Å². The zero-order valence-corrected chi connectivity index (χ0v) is 14.5. The molecule has 0 aliphatic carbocycles. The third-order valence-corrected chi connectivity index (χ3v) is 4.84. The summed E-state index contributed by atoms with van der Waals surface area (Å²) in [6.45, 7) is 5.09. The maximum absolute atomic E-state index is 12.2. The highest BCUT2D eigenvalue weighted by Crippen LogP contribution is 2.23. The van der Waals surface area contributed by atoms with E-state index in [0.717, 1.165) is 36.4 Å². The summed E-state index contributed by atoms with van der Waals surface area (Å²) < 4.78 is 0. The second kappa shape index (κ2) is 7.19. The molecule has 2 rings (SSSR count). The molecule has 0 bridgehead atoms. The van der Waals surface area contributed by atoms with Gasteiger partial charge in [-0.25, -0.2) is 4.98 Å². The molecule has 0 radical (unpaired) electrons. The largest absolute Gasteiger partial charge is 0.347 e. The SMILES string of the molecule is CCc1nc(NC(=O)CN2CCCC2C(=O)N(C)C)sc1C. The van der Waals surface area contributed by atoms with Crippen molar-refractivity contribution in [2.45, 2.75) is 39.2 Å². The number of nitrogens with zero attached hydrogens (tertiary/aromatic N) is 3. The topological polar surface area (TPSA) is 65.5 Å². The predicted octanol–water partition coefficient (Wildman–Crippen LogP) is 1.51. The second-order valence-corrected chi connectivity index (χ2v) is 6.99. The summed E-state index contributed by atoms with van der Waals surface area (Å²) in [6.07, 6.45) is 2.64. The van der Waals surface area contributed by atoms with Gasteiger partial charge in [-0.15, -0.1) is 11.3 Å². The number of carbonyl (C=O) groups excluding carboxylic acids is 2. The molecule has 0 saturated carbocycles. The van der Waals surface area contributed by atoms with Crippen LogP contribution >= 0.6 is 11.3 Å². The third-order valence-electron chi connectivity index (χ3n) is 3.91. The monoisotopic (exact) mass is 324 g/mol. The van der Waals surface area contributed by atoms with Gasteiger partial charge in [0.25, 0.3) is 0 Å². The Hall–Kier alpha value is -1.47. The maximum Gasteiger partial charge on any atom is 0.240 e. The van der Waals surface area contributed by atoms with Crippen LogP contribution in [0.25, 0.3) is 0 Å². The molecule has 1 aliphatic rings. The first kappa shape index (κ1) is 16.9. The molecular formula is C15H24N4O2S. The molecule has 2 amide bonds. The van der Waals surface area contributed by atoms with E-state index >= 15 is 0 Å². The van der Waals surface area contributed by atoms with E-state index in [1.54, 1.807) is 19.0 Å². The summed E-state index contributed by atoms with van der Waals surface area (Å²) >= 11 is 1.50. The van der Waals surface area contributed by atoms with E-state index in [2.05, 4.69) is 17.2 Å². The van der Waals surface area contributed by atoms with E-state index in [4.69, 9.17) is 0 Å². The molecule has 1 aromatic rings. The summed E-state index contributed by atoms with van der Waals surface area (Å²) in [4.78, 5) is 33.4. The summed E-state index contributed by atoms with van der Waals surface area (Å²) in [6, 6.07) is -0.176. The molecule has 2 heterocycles. The molecule has 1 saturated heterocycles. The summed E-state index contributed by atoms with van der Waals surface area (Å²) in [5.74, 6) is -0.0291. The van der Waals surface area contributed by atoms with Crippen LogP contribution in [-0.4, -0.2) is 59.8 Å².